The van der Waals surface area contributed by atoms with E-state index < -0.39 is 32.7 Å². The molecular weight excluding hydrogens is 325 g/mol. The van der Waals surface area contributed by atoms with Crippen LogP contribution in [0.1, 0.15) is 12.8 Å². The minimum Gasteiger partial charge on any atom is -0.480 e. The molecule has 1 aromatic rings. The second-order valence-corrected chi connectivity index (χ2v) is 6.31. The van der Waals surface area contributed by atoms with Crippen molar-refractivity contribution in [1.29, 1.82) is 0 Å². The van der Waals surface area contributed by atoms with Crippen molar-refractivity contribution >= 4 is 27.6 Å². The molecule has 0 aliphatic rings. The van der Waals surface area contributed by atoms with Crippen LogP contribution in [0.4, 0.5) is 4.39 Å². The summed E-state index contributed by atoms with van der Waals surface area (Å²) in [5.41, 5.74) is 0. The number of rotatable bonds is 8. The zero-order chi connectivity index (χ0) is 16.0. The number of methoxy groups -OCH3 is 1. The van der Waals surface area contributed by atoms with E-state index in [-0.39, 0.29) is 11.4 Å². The first kappa shape index (κ1) is 17.8. The first-order valence-corrected chi connectivity index (χ1v) is 7.83. The van der Waals surface area contributed by atoms with Gasteiger partial charge in [0.2, 0.25) is 10.0 Å². The molecule has 0 aromatic heterocycles. The van der Waals surface area contributed by atoms with E-state index in [2.05, 4.69) is 0 Å². The molecule has 0 aliphatic carbocycles. The van der Waals surface area contributed by atoms with E-state index in [0.717, 1.165) is 18.2 Å². The highest BCUT2D eigenvalue weighted by atomic mass is 35.5. The minimum absolute atomic E-state index is 0.0370. The fourth-order valence-corrected chi connectivity index (χ4v) is 3.33. The lowest BCUT2D eigenvalue weighted by Gasteiger charge is -2.15. The molecule has 1 aromatic carbocycles. The Morgan fingerprint density at radius 1 is 1.52 bits per heavy atom. The third kappa shape index (κ3) is 5.24. The molecule has 0 aliphatic heterocycles. The number of benzene rings is 1. The molecule has 0 radical (unpaired) electrons. The van der Waals surface area contributed by atoms with Gasteiger partial charge in [-0.1, -0.05) is 11.6 Å². The van der Waals surface area contributed by atoms with Crippen molar-refractivity contribution in [1.82, 2.24) is 4.72 Å². The summed E-state index contributed by atoms with van der Waals surface area (Å²) < 4.78 is 44.1. The van der Waals surface area contributed by atoms with E-state index in [1.54, 1.807) is 0 Å². The smallest absolute Gasteiger partial charge is 0.321 e. The van der Waals surface area contributed by atoms with E-state index in [0.29, 0.717) is 13.0 Å². The van der Waals surface area contributed by atoms with Crippen LogP contribution in [-0.2, 0) is 19.6 Å². The van der Waals surface area contributed by atoms with Crippen LogP contribution in [0.2, 0.25) is 5.02 Å². The summed E-state index contributed by atoms with van der Waals surface area (Å²) >= 11 is 5.72. The van der Waals surface area contributed by atoms with Crippen molar-refractivity contribution in [2.24, 2.45) is 0 Å². The minimum atomic E-state index is -4.24. The van der Waals surface area contributed by atoms with E-state index in [1.165, 1.54) is 7.11 Å². The molecule has 0 amide bonds. The van der Waals surface area contributed by atoms with Gasteiger partial charge in [0.1, 0.15) is 16.8 Å². The number of hydrogen-bond donors (Lipinski definition) is 2. The van der Waals surface area contributed by atoms with Gasteiger partial charge in [0, 0.05) is 13.7 Å². The van der Waals surface area contributed by atoms with Gasteiger partial charge < -0.3 is 9.84 Å². The molecule has 0 spiro atoms. The van der Waals surface area contributed by atoms with Crippen molar-refractivity contribution in [3.8, 4) is 0 Å². The molecular formula is C12H15ClFNO5S. The number of carboxylic acid groups (broad SMARTS) is 1. The number of aliphatic carboxylic acids is 1. The fraction of sp³-hybridized carbons (Fsp3) is 0.417. The van der Waals surface area contributed by atoms with Crippen molar-refractivity contribution in [2.45, 2.75) is 23.8 Å². The quantitative estimate of drug-likeness (QED) is 0.702. The number of ether oxygens (including phenoxy) is 1. The Balaban J connectivity index is 2.95. The van der Waals surface area contributed by atoms with Crippen LogP contribution in [0, 0.1) is 5.82 Å². The highest BCUT2D eigenvalue weighted by Crippen LogP contribution is 2.22. The summed E-state index contributed by atoms with van der Waals surface area (Å²) in [6.45, 7) is 0.298. The molecule has 9 heteroatoms. The summed E-state index contributed by atoms with van der Waals surface area (Å²) in [6, 6.07) is 1.49. The first-order chi connectivity index (χ1) is 9.77. The number of halogens is 2. The van der Waals surface area contributed by atoms with Gasteiger partial charge in [0.05, 0.1) is 5.02 Å². The zero-order valence-electron chi connectivity index (χ0n) is 11.2. The molecule has 0 saturated heterocycles. The lowest BCUT2D eigenvalue weighted by atomic mass is 10.2. The average Bonchev–Trinajstić information content (AvgIpc) is 2.40. The maximum atomic E-state index is 13.1. The van der Waals surface area contributed by atoms with Gasteiger partial charge in [-0.15, -0.1) is 0 Å². The maximum absolute atomic E-state index is 13.1. The van der Waals surface area contributed by atoms with Gasteiger partial charge in [-0.3, -0.25) is 4.79 Å². The average molecular weight is 340 g/mol. The number of hydrogen-bond acceptors (Lipinski definition) is 4. The Bertz CT molecular complexity index is 608. The predicted octanol–water partition coefficient (Wildman–Crippen LogP) is 1.64. The fourth-order valence-electron chi connectivity index (χ4n) is 1.60. The topological polar surface area (TPSA) is 92.7 Å². The summed E-state index contributed by atoms with van der Waals surface area (Å²) in [5.74, 6) is -2.12. The summed E-state index contributed by atoms with van der Waals surface area (Å²) in [7, 11) is -2.79. The Morgan fingerprint density at radius 3 is 2.76 bits per heavy atom. The van der Waals surface area contributed by atoms with Gasteiger partial charge in [0.25, 0.3) is 0 Å². The van der Waals surface area contributed by atoms with Crippen LogP contribution in [0.3, 0.4) is 0 Å². The summed E-state index contributed by atoms with van der Waals surface area (Å²) in [4.78, 5) is 10.6. The monoisotopic (exact) mass is 339 g/mol. The highest BCUT2D eigenvalue weighted by Gasteiger charge is 2.27. The molecule has 118 valence electrons. The summed E-state index contributed by atoms with van der Waals surface area (Å²) in [5, 5.41) is 8.84. The Kier molecular flexibility index (Phi) is 6.53. The number of nitrogens with one attached hydrogen (secondary N) is 1. The molecule has 2 N–H and O–H groups in total. The largest absolute Gasteiger partial charge is 0.480 e. The van der Waals surface area contributed by atoms with Gasteiger partial charge in [-0.25, -0.2) is 12.8 Å². The lowest BCUT2D eigenvalue weighted by Crippen LogP contribution is -2.41. The number of sulfonamides is 1. The third-order valence-corrected chi connectivity index (χ3v) is 4.57. The van der Waals surface area contributed by atoms with Gasteiger partial charge in [-0.05, 0) is 31.0 Å². The Morgan fingerprint density at radius 2 is 2.19 bits per heavy atom. The van der Waals surface area contributed by atoms with Crippen LogP contribution in [0.25, 0.3) is 0 Å². The third-order valence-electron chi connectivity index (χ3n) is 2.62. The molecule has 1 unspecified atom stereocenters. The van der Waals surface area contributed by atoms with Crippen LogP contribution in [-0.4, -0.2) is 39.3 Å². The molecule has 6 nitrogen and oxygen atoms in total. The number of carbonyl (C=O) groups is 1. The summed E-state index contributed by atoms with van der Waals surface area (Å²) in [6.07, 6.45) is 0.391. The highest BCUT2D eigenvalue weighted by molar-refractivity contribution is 7.89. The van der Waals surface area contributed by atoms with Crippen molar-refractivity contribution in [3.05, 3.63) is 29.0 Å². The van der Waals surface area contributed by atoms with Crippen LogP contribution < -0.4 is 4.72 Å². The van der Waals surface area contributed by atoms with E-state index in [9.17, 15) is 17.6 Å². The predicted molar refractivity (Wildman–Crippen MR) is 74.3 cm³/mol. The van der Waals surface area contributed by atoms with E-state index in [1.807, 2.05) is 4.72 Å². The SMILES string of the molecule is COCCCC(NS(=O)(=O)c1cc(F)ccc1Cl)C(=O)O. The number of carboxylic acids is 1. The van der Waals surface area contributed by atoms with Crippen molar-refractivity contribution in [3.63, 3.8) is 0 Å². The van der Waals surface area contributed by atoms with Gasteiger partial charge in [0.15, 0.2) is 0 Å². The molecule has 0 heterocycles. The molecule has 1 rings (SSSR count). The lowest BCUT2D eigenvalue weighted by molar-refractivity contribution is -0.139. The standard InChI is InChI=1S/C12H15ClFNO5S/c1-20-6-2-3-10(12(16)17)15-21(18,19)11-7-8(14)4-5-9(11)13/h4-5,7,10,15H,2-3,6H2,1H3,(H,16,17). The molecule has 0 bridgehead atoms. The van der Waals surface area contributed by atoms with E-state index >= 15 is 0 Å². The normalized spacial score (nSPS) is 13.1. The zero-order valence-corrected chi connectivity index (χ0v) is 12.7. The Hall–Kier alpha value is -1.22. The Labute approximate surface area is 126 Å². The van der Waals surface area contributed by atoms with Crippen molar-refractivity contribution in [2.75, 3.05) is 13.7 Å². The second kappa shape index (κ2) is 7.69. The molecule has 0 saturated carbocycles. The van der Waals surface area contributed by atoms with Crippen LogP contribution >= 0.6 is 11.6 Å². The van der Waals surface area contributed by atoms with Crippen LogP contribution in [0.5, 0.6) is 0 Å². The molecule has 0 fully saturated rings. The van der Waals surface area contributed by atoms with Crippen LogP contribution in [0.15, 0.2) is 23.1 Å². The molecule has 1 atom stereocenters. The van der Waals surface area contributed by atoms with E-state index in [4.69, 9.17) is 21.4 Å². The second-order valence-electron chi connectivity index (χ2n) is 4.22. The van der Waals surface area contributed by atoms with Gasteiger partial charge in [-0.2, -0.15) is 4.72 Å². The van der Waals surface area contributed by atoms with Gasteiger partial charge >= 0.3 is 5.97 Å². The molecule has 21 heavy (non-hydrogen) atoms. The maximum Gasteiger partial charge on any atom is 0.321 e. The van der Waals surface area contributed by atoms with Crippen molar-refractivity contribution < 1.29 is 27.4 Å². The first-order valence-electron chi connectivity index (χ1n) is 5.97.